The number of anilines is 1. The first-order valence-corrected chi connectivity index (χ1v) is 9.62. The van der Waals surface area contributed by atoms with Crippen LogP contribution in [0.1, 0.15) is 26.2 Å². The lowest BCUT2D eigenvalue weighted by Gasteiger charge is -2.37. The van der Waals surface area contributed by atoms with Crippen LogP contribution in [0.4, 0.5) is 5.69 Å². The summed E-state index contributed by atoms with van der Waals surface area (Å²) in [6.45, 7) is 7.35. The minimum Gasteiger partial charge on any atom is -0.469 e. The molecule has 1 aliphatic heterocycles. The van der Waals surface area contributed by atoms with E-state index in [-0.39, 0.29) is 29.9 Å². The maximum Gasteiger partial charge on any atom is 0.305 e. The second kappa shape index (κ2) is 13.0. The number of methoxy groups -OCH3 is 1. The van der Waals surface area contributed by atoms with Crippen molar-refractivity contribution in [2.75, 3.05) is 51.3 Å². The molecule has 27 heavy (non-hydrogen) atoms. The fraction of sp³-hybridized carbons (Fsp3) is 0.579. The van der Waals surface area contributed by atoms with E-state index in [1.165, 1.54) is 12.8 Å². The van der Waals surface area contributed by atoms with E-state index in [9.17, 15) is 4.79 Å². The lowest BCUT2D eigenvalue weighted by atomic mass is 10.2. The Hall–Kier alpha value is -1.22. The van der Waals surface area contributed by atoms with Crippen LogP contribution >= 0.6 is 35.6 Å². The molecule has 1 N–H and O–H groups in total. The van der Waals surface area contributed by atoms with Crippen molar-refractivity contribution < 1.29 is 9.53 Å². The summed E-state index contributed by atoms with van der Waals surface area (Å²) in [5.41, 5.74) is 1.17. The fourth-order valence-electron chi connectivity index (χ4n) is 2.94. The summed E-state index contributed by atoms with van der Waals surface area (Å²) >= 11 is 6.10. The zero-order valence-electron chi connectivity index (χ0n) is 16.1. The van der Waals surface area contributed by atoms with Crippen LogP contribution in [0, 0.1) is 0 Å². The highest BCUT2D eigenvalue weighted by molar-refractivity contribution is 14.0. The van der Waals surface area contributed by atoms with Crippen molar-refractivity contribution in [1.29, 1.82) is 0 Å². The molecule has 1 aromatic carbocycles. The molecule has 1 aliphatic rings. The van der Waals surface area contributed by atoms with Crippen molar-refractivity contribution in [2.24, 2.45) is 4.99 Å². The molecular weight excluding hydrogens is 479 g/mol. The molecule has 6 nitrogen and oxygen atoms in total. The summed E-state index contributed by atoms with van der Waals surface area (Å²) in [5, 5.41) is 4.14. The summed E-state index contributed by atoms with van der Waals surface area (Å²) in [6, 6.07) is 8.00. The van der Waals surface area contributed by atoms with Crippen LogP contribution in [0.5, 0.6) is 0 Å². The van der Waals surface area contributed by atoms with Crippen molar-refractivity contribution >= 4 is 53.2 Å². The number of hydrogen-bond donors (Lipinski definition) is 1. The van der Waals surface area contributed by atoms with Gasteiger partial charge in [-0.2, -0.15) is 0 Å². The SMILES string of the molecule is CCNC(=NCCCCC(=O)OC)N1CCN(c2cccc(Cl)c2)CC1.I. The van der Waals surface area contributed by atoms with Gasteiger partial charge in [0.25, 0.3) is 0 Å². The summed E-state index contributed by atoms with van der Waals surface area (Å²) in [5.74, 6) is 0.800. The third kappa shape index (κ3) is 8.13. The number of rotatable bonds is 7. The number of nitrogens with zero attached hydrogens (tertiary/aromatic N) is 3. The number of nitrogens with one attached hydrogen (secondary N) is 1. The quantitative estimate of drug-likeness (QED) is 0.201. The van der Waals surface area contributed by atoms with Gasteiger partial charge in [0.1, 0.15) is 0 Å². The number of aliphatic imine (C=N–C) groups is 1. The van der Waals surface area contributed by atoms with Crippen LogP contribution < -0.4 is 10.2 Å². The summed E-state index contributed by atoms with van der Waals surface area (Å²) in [7, 11) is 1.42. The van der Waals surface area contributed by atoms with Crippen molar-refractivity contribution in [1.82, 2.24) is 10.2 Å². The molecule has 0 spiro atoms. The van der Waals surface area contributed by atoms with E-state index in [2.05, 4.69) is 32.8 Å². The van der Waals surface area contributed by atoms with Gasteiger partial charge < -0.3 is 19.9 Å². The Morgan fingerprint density at radius 3 is 2.63 bits per heavy atom. The Morgan fingerprint density at radius 2 is 2.00 bits per heavy atom. The first kappa shape index (κ1) is 23.8. The van der Waals surface area contributed by atoms with E-state index in [0.717, 1.165) is 56.5 Å². The Kier molecular flexibility index (Phi) is 11.5. The topological polar surface area (TPSA) is 57.2 Å². The minimum atomic E-state index is -0.155. The molecule has 0 atom stereocenters. The summed E-state index contributed by atoms with van der Waals surface area (Å²) < 4.78 is 4.66. The average Bonchev–Trinajstić information content (AvgIpc) is 2.67. The highest BCUT2D eigenvalue weighted by atomic mass is 127. The van der Waals surface area contributed by atoms with Gasteiger partial charge in [-0.3, -0.25) is 9.79 Å². The second-order valence-corrected chi connectivity index (χ2v) is 6.66. The molecule has 152 valence electrons. The number of esters is 1. The molecule has 1 aromatic rings. The second-order valence-electron chi connectivity index (χ2n) is 6.22. The standard InChI is InChI=1S/C19H29ClN4O2.HI/c1-3-21-19(22-10-5-4-9-18(25)26-2)24-13-11-23(12-14-24)17-8-6-7-16(20)15-17;/h6-8,15H,3-5,9-14H2,1-2H3,(H,21,22);1H. The van der Waals surface area contributed by atoms with Gasteiger partial charge in [0.2, 0.25) is 0 Å². The van der Waals surface area contributed by atoms with Gasteiger partial charge in [-0.15, -0.1) is 24.0 Å². The van der Waals surface area contributed by atoms with Crippen molar-refractivity contribution in [3.63, 3.8) is 0 Å². The average molecular weight is 509 g/mol. The summed E-state index contributed by atoms with van der Waals surface area (Å²) in [6.07, 6.45) is 2.14. The number of hydrogen-bond acceptors (Lipinski definition) is 4. The van der Waals surface area contributed by atoms with Gasteiger partial charge in [0.05, 0.1) is 7.11 Å². The van der Waals surface area contributed by atoms with Gasteiger partial charge >= 0.3 is 5.97 Å². The predicted molar refractivity (Wildman–Crippen MR) is 122 cm³/mol. The van der Waals surface area contributed by atoms with E-state index in [0.29, 0.717) is 13.0 Å². The lowest BCUT2D eigenvalue weighted by Crippen LogP contribution is -2.52. The number of ether oxygens (including phenoxy) is 1. The predicted octanol–water partition coefficient (Wildman–Crippen LogP) is 3.39. The molecule has 0 amide bonds. The molecule has 0 unspecified atom stereocenters. The van der Waals surface area contributed by atoms with Gasteiger partial charge in [-0.25, -0.2) is 0 Å². The molecule has 2 rings (SSSR count). The van der Waals surface area contributed by atoms with E-state index in [4.69, 9.17) is 16.6 Å². The van der Waals surface area contributed by atoms with E-state index < -0.39 is 0 Å². The van der Waals surface area contributed by atoms with Crippen molar-refractivity contribution in [2.45, 2.75) is 26.2 Å². The number of guanidine groups is 1. The molecule has 0 saturated carbocycles. The monoisotopic (exact) mass is 508 g/mol. The van der Waals surface area contributed by atoms with Crippen LogP contribution in [0.15, 0.2) is 29.3 Å². The zero-order valence-corrected chi connectivity index (χ0v) is 19.2. The minimum absolute atomic E-state index is 0. The highest BCUT2D eigenvalue weighted by Gasteiger charge is 2.19. The van der Waals surface area contributed by atoms with Gasteiger partial charge in [-0.05, 0) is 38.0 Å². The number of carbonyl (C=O) groups excluding carboxylic acids is 1. The molecule has 0 aliphatic carbocycles. The number of piperazine rings is 1. The van der Waals surface area contributed by atoms with Crippen LogP contribution in [-0.2, 0) is 9.53 Å². The largest absolute Gasteiger partial charge is 0.469 e. The van der Waals surface area contributed by atoms with Gasteiger partial charge in [-0.1, -0.05) is 17.7 Å². The Balaban J connectivity index is 0.00000364. The van der Waals surface area contributed by atoms with E-state index in [1.807, 2.05) is 18.2 Å². The maximum atomic E-state index is 11.1. The number of unbranched alkanes of at least 4 members (excludes halogenated alkanes) is 1. The molecule has 1 fully saturated rings. The first-order valence-electron chi connectivity index (χ1n) is 9.24. The number of carbonyl (C=O) groups is 1. The fourth-order valence-corrected chi connectivity index (χ4v) is 3.13. The summed E-state index contributed by atoms with van der Waals surface area (Å²) in [4.78, 5) is 20.5. The van der Waals surface area contributed by atoms with Crippen LogP contribution in [0.2, 0.25) is 5.02 Å². The van der Waals surface area contributed by atoms with E-state index >= 15 is 0 Å². The third-order valence-electron chi connectivity index (χ3n) is 4.37. The van der Waals surface area contributed by atoms with Crippen LogP contribution in [-0.4, -0.2) is 63.2 Å². The normalized spacial score (nSPS) is 14.6. The Bertz CT molecular complexity index is 607. The van der Waals surface area contributed by atoms with Crippen LogP contribution in [0.3, 0.4) is 0 Å². The first-order chi connectivity index (χ1) is 12.6. The molecule has 1 saturated heterocycles. The van der Waals surface area contributed by atoms with Gasteiger partial charge in [0, 0.05) is 56.4 Å². The third-order valence-corrected chi connectivity index (χ3v) is 4.60. The van der Waals surface area contributed by atoms with E-state index in [1.54, 1.807) is 0 Å². The zero-order chi connectivity index (χ0) is 18.8. The molecule has 1 heterocycles. The molecular formula is C19H30ClIN4O2. The number of halogens is 2. The Labute approximate surface area is 184 Å². The van der Waals surface area contributed by atoms with Gasteiger partial charge in [0.15, 0.2) is 5.96 Å². The molecule has 0 aromatic heterocycles. The van der Waals surface area contributed by atoms with Crippen LogP contribution in [0.25, 0.3) is 0 Å². The molecule has 0 bridgehead atoms. The smallest absolute Gasteiger partial charge is 0.305 e. The highest BCUT2D eigenvalue weighted by Crippen LogP contribution is 2.20. The van der Waals surface area contributed by atoms with Crippen molar-refractivity contribution in [3.8, 4) is 0 Å². The lowest BCUT2D eigenvalue weighted by molar-refractivity contribution is -0.140. The Morgan fingerprint density at radius 1 is 1.26 bits per heavy atom. The maximum absolute atomic E-state index is 11.1. The molecule has 8 heteroatoms. The number of benzene rings is 1. The molecule has 0 radical (unpaired) electrons. The van der Waals surface area contributed by atoms with Crippen molar-refractivity contribution in [3.05, 3.63) is 29.3 Å².